The number of hydrogen-bond donors (Lipinski definition) is 0. The van der Waals surface area contributed by atoms with Gasteiger partial charge in [-0.3, -0.25) is 10.1 Å². The lowest BCUT2D eigenvalue weighted by molar-refractivity contribution is -0.385. The van der Waals surface area contributed by atoms with E-state index in [0.29, 0.717) is 11.6 Å². The molecular formula is C12H9BrN2O3. The lowest BCUT2D eigenvalue weighted by atomic mass is 10.2. The van der Waals surface area contributed by atoms with Gasteiger partial charge in [0.05, 0.1) is 4.92 Å². The standard InChI is InChI=1S/C12H9BrN2O3/c1-8-2-3-9(13)6-11(8)18-12-5-4-10(7-14-12)15(16)17/h2-7H,1H3. The molecule has 6 heteroatoms. The molecule has 0 bridgehead atoms. The SMILES string of the molecule is Cc1ccc(Br)cc1Oc1ccc([N+](=O)[O-])cn1. The summed E-state index contributed by atoms with van der Waals surface area (Å²) in [6.45, 7) is 1.91. The highest BCUT2D eigenvalue weighted by Gasteiger charge is 2.07. The first kappa shape index (κ1) is 12.5. The van der Waals surface area contributed by atoms with Crippen LogP contribution in [0.2, 0.25) is 0 Å². The van der Waals surface area contributed by atoms with Crippen molar-refractivity contribution in [1.29, 1.82) is 0 Å². The van der Waals surface area contributed by atoms with Crippen molar-refractivity contribution in [3.05, 3.63) is 56.7 Å². The zero-order chi connectivity index (χ0) is 13.1. The second kappa shape index (κ2) is 5.14. The van der Waals surface area contributed by atoms with E-state index in [9.17, 15) is 10.1 Å². The Kier molecular flexibility index (Phi) is 3.57. The topological polar surface area (TPSA) is 65.3 Å². The third-order valence-corrected chi connectivity index (χ3v) is 2.79. The van der Waals surface area contributed by atoms with Crippen molar-refractivity contribution < 1.29 is 9.66 Å². The van der Waals surface area contributed by atoms with Gasteiger partial charge in [0.1, 0.15) is 11.9 Å². The number of rotatable bonds is 3. The van der Waals surface area contributed by atoms with E-state index in [4.69, 9.17) is 4.74 Å². The maximum atomic E-state index is 10.5. The predicted octanol–water partition coefficient (Wildman–Crippen LogP) is 3.85. The van der Waals surface area contributed by atoms with Crippen molar-refractivity contribution >= 4 is 21.6 Å². The van der Waals surface area contributed by atoms with Crippen LogP contribution >= 0.6 is 15.9 Å². The Bertz CT molecular complexity index is 584. The quantitative estimate of drug-likeness (QED) is 0.638. The van der Waals surface area contributed by atoms with Gasteiger partial charge in [-0.05, 0) is 24.6 Å². The predicted molar refractivity (Wildman–Crippen MR) is 69.8 cm³/mol. The van der Waals surface area contributed by atoms with Gasteiger partial charge in [-0.25, -0.2) is 4.98 Å². The third-order valence-electron chi connectivity index (χ3n) is 2.30. The van der Waals surface area contributed by atoms with Gasteiger partial charge < -0.3 is 4.74 Å². The van der Waals surface area contributed by atoms with Gasteiger partial charge in [-0.1, -0.05) is 22.0 Å². The van der Waals surface area contributed by atoms with Gasteiger partial charge in [0.15, 0.2) is 0 Å². The molecule has 0 saturated heterocycles. The monoisotopic (exact) mass is 308 g/mol. The van der Waals surface area contributed by atoms with E-state index >= 15 is 0 Å². The van der Waals surface area contributed by atoms with Crippen molar-refractivity contribution in [2.24, 2.45) is 0 Å². The van der Waals surface area contributed by atoms with E-state index in [1.807, 2.05) is 25.1 Å². The molecule has 0 spiro atoms. The summed E-state index contributed by atoms with van der Waals surface area (Å²) in [6.07, 6.45) is 1.17. The third kappa shape index (κ3) is 2.84. The Labute approximate surface area is 112 Å². The molecule has 0 aliphatic heterocycles. The first-order valence-electron chi connectivity index (χ1n) is 5.11. The Balaban J connectivity index is 2.23. The first-order valence-corrected chi connectivity index (χ1v) is 5.90. The fourth-order valence-corrected chi connectivity index (χ4v) is 1.68. The minimum absolute atomic E-state index is 0.0617. The second-order valence-electron chi connectivity index (χ2n) is 3.62. The van der Waals surface area contributed by atoms with Crippen LogP contribution in [-0.2, 0) is 0 Å². The van der Waals surface area contributed by atoms with E-state index in [2.05, 4.69) is 20.9 Å². The highest BCUT2D eigenvalue weighted by atomic mass is 79.9. The van der Waals surface area contributed by atoms with Crippen LogP contribution in [0.25, 0.3) is 0 Å². The number of pyridine rings is 1. The molecule has 92 valence electrons. The molecule has 0 unspecified atom stereocenters. The van der Waals surface area contributed by atoms with Crippen LogP contribution in [0, 0.1) is 17.0 Å². The number of hydrogen-bond acceptors (Lipinski definition) is 4. The Hall–Kier alpha value is -1.95. The molecule has 18 heavy (non-hydrogen) atoms. The molecule has 0 amide bonds. The van der Waals surface area contributed by atoms with Crippen molar-refractivity contribution in [1.82, 2.24) is 4.98 Å². The van der Waals surface area contributed by atoms with Crippen LogP contribution in [-0.4, -0.2) is 9.91 Å². The number of aromatic nitrogens is 1. The van der Waals surface area contributed by atoms with Gasteiger partial charge in [0.25, 0.3) is 5.69 Å². The van der Waals surface area contributed by atoms with Crippen molar-refractivity contribution in [3.63, 3.8) is 0 Å². The van der Waals surface area contributed by atoms with Crippen LogP contribution in [0.5, 0.6) is 11.6 Å². The summed E-state index contributed by atoms with van der Waals surface area (Å²) in [7, 11) is 0. The molecule has 1 aromatic heterocycles. The first-order chi connectivity index (χ1) is 8.56. The summed E-state index contributed by atoms with van der Waals surface area (Å²) in [4.78, 5) is 13.9. The lowest BCUT2D eigenvalue weighted by Crippen LogP contribution is -1.92. The van der Waals surface area contributed by atoms with Gasteiger partial charge in [0.2, 0.25) is 5.88 Å². The van der Waals surface area contributed by atoms with Gasteiger partial charge in [-0.15, -0.1) is 0 Å². The molecule has 2 rings (SSSR count). The fourth-order valence-electron chi connectivity index (χ4n) is 1.34. The average molecular weight is 309 g/mol. The van der Waals surface area contributed by atoms with Crippen LogP contribution in [0.1, 0.15) is 5.56 Å². The maximum Gasteiger partial charge on any atom is 0.287 e. The normalized spacial score (nSPS) is 10.1. The van der Waals surface area contributed by atoms with E-state index in [-0.39, 0.29) is 5.69 Å². The largest absolute Gasteiger partial charge is 0.439 e. The van der Waals surface area contributed by atoms with Crippen molar-refractivity contribution in [3.8, 4) is 11.6 Å². The van der Waals surface area contributed by atoms with E-state index in [1.54, 1.807) is 0 Å². The highest BCUT2D eigenvalue weighted by molar-refractivity contribution is 9.10. The molecule has 1 heterocycles. The zero-order valence-corrected chi connectivity index (χ0v) is 11.0. The van der Waals surface area contributed by atoms with Crippen LogP contribution < -0.4 is 4.74 Å². The molecule has 0 atom stereocenters. The van der Waals surface area contributed by atoms with E-state index in [0.717, 1.165) is 10.0 Å². The molecule has 0 saturated carbocycles. The molecule has 0 radical (unpaired) electrons. The number of halogens is 1. The average Bonchev–Trinajstić information content (AvgIpc) is 2.34. The molecule has 0 aliphatic rings. The summed E-state index contributed by atoms with van der Waals surface area (Å²) in [5, 5.41) is 10.5. The summed E-state index contributed by atoms with van der Waals surface area (Å²) < 4.78 is 6.45. The minimum atomic E-state index is -0.499. The summed E-state index contributed by atoms with van der Waals surface area (Å²) in [5.41, 5.74) is 0.895. The fraction of sp³-hybridized carbons (Fsp3) is 0.0833. The zero-order valence-electron chi connectivity index (χ0n) is 9.46. The molecule has 0 N–H and O–H groups in total. The Morgan fingerprint density at radius 2 is 2.11 bits per heavy atom. The Morgan fingerprint density at radius 3 is 2.72 bits per heavy atom. The maximum absolute atomic E-state index is 10.5. The summed E-state index contributed by atoms with van der Waals surface area (Å²) >= 11 is 3.35. The van der Waals surface area contributed by atoms with Gasteiger partial charge in [0, 0.05) is 16.6 Å². The summed E-state index contributed by atoms with van der Waals surface area (Å²) in [5.74, 6) is 0.979. The van der Waals surface area contributed by atoms with Gasteiger partial charge >= 0.3 is 0 Å². The van der Waals surface area contributed by atoms with Crippen molar-refractivity contribution in [2.75, 3.05) is 0 Å². The van der Waals surface area contributed by atoms with Crippen molar-refractivity contribution in [2.45, 2.75) is 6.92 Å². The van der Waals surface area contributed by atoms with Crippen LogP contribution in [0.15, 0.2) is 41.0 Å². The molecule has 0 fully saturated rings. The molecular weight excluding hydrogens is 300 g/mol. The van der Waals surface area contributed by atoms with E-state index < -0.39 is 4.92 Å². The van der Waals surface area contributed by atoms with Crippen LogP contribution in [0.3, 0.4) is 0 Å². The second-order valence-corrected chi connectivity index (χ2v) is 4.54. The lowest BCUT2D eigenvalue weighted by Gasteiger charge is -2.07. The molecule has 2 aromatic rings. The smallest absolute Gasteiger partial charge is 0.287 e. The number of benzene rings is 1. The van der Waals surface area contributed by atoms with Gasteiger partial charge in [-0.2, -0.15) is 0 Å². The Morgan fingerprint density at radius 1 is 1.33 bits per heavy atom. The van der Waals surface area contributed by atoms with Crippen LogP contribution in [0.4, 0.5) is 5.69 Å². The minimum Gasteiger partial charge on any atom is -0.439 e. The number of ether oxygens (including phenoxy) is 1. The number of aryl methyl sites for hydroxylation is 1. The summed E-state index contributed by atoms with van der Waals surface area (Å²) in [6, 6.07) is 8.46. The molecule has 5 nitrogen and oxygen atoms in total. The van der Waals surface area contributed by atoms with E-state index in [1.165, 1.54) is 18.3 Å². The number of nitrogens with zero attached hydrogens (tertiary/aromatic N) is 2. The number of nitro groups is 1. The molecule has 0 aliphatic carbocycles. The molecule has 1 aromatic carbocycles. The highest BCUT2D eigenvalue weighted by Crippen LogP contribution is 2.27.